The van der Waals surface area contributed by atoms with Crippen molar-refractivity contribution in [2.75, 3.05) is 0 Å². The summed E-state index contributed by atoms with van der Waals surface area (Å²) in [6, 6.07) is 0. The maximum Gasteiger partial charge on any atom is 0.206 e. The number of Topliss-reactive ketones (excluding diaryl/α,β-unsaturated/α-hetero) is 1. The molecule has 0 saturated heterocycles. The third kappa shape index (κ3) is 1.78. The smallest absolute Gasteiger partial charge is 0.206 e. The summed E-state index contributed by atoms with van der Waals surface area (Å²) in [5, 5.41) is 10.00. The van der Waals surface area contributed by atoms with Crippen molar-refractivity contribution in [2.24, 2.45) is 0 Å². The lowest BCUT2D eigenvalue weighted by Crippen LogP contribution is -2.42. The van der Waals surface area contributed by atoms with Gasteiger partial charge in [0, 0.05) is 5.57 Å². The molecule has 80 valence electrons. The van der Waals surface area contributed by atoms with Gasteiger partial charge in [0.05, 0.1) is 0 Å². The van der Waals surface area contributed by atoms with E-state index in [0.29, 0.717) is 6.42 Å². The summed E-state index contributed by atoms with van der Waals surface area (Å²) in [4.78, 5) is 11.8. The van der Waals surface area contributed by atoms with Crippen molar-refractivity contribution in [1.82, 2.24) is 0 Å². The highest BCUT2D eigenvalue weighted by atomic mass is 19.1. The minimum atomic E-state index is -1.75. The van der Waals surface area contributed by atoms with Crippen LogP contribution in [0.3, 0.4) is 0 Å². The Labute approximate surface area is 92.8 Å². The van der Waals surface area contributed by atoms with Gasteiger partial charge in [-0.2, -0.15) is 0 Å². The average Bonchev–Trinajstić information content (AvgIpc) is 2.25. The molecule has 16 heavy (non-hydrogen) atoms. The van der Waals surface area contributed by atoms with E-state index in [9.17, 15) is 14.3 Å². The zero-order valence-corrected chi connectivity index (χ0v) is 8.46. The quantitative estimate of drug-likeness (QED) is 0.611. The minimum absolute atomic E-state index is 0.0779. The summed E-state index contributed by atoms with van der Waals surface area (Å²) in [6.45, 7) is 0. The van der Waals surface area contributed by atoms with E-state index in [1.165, 1.54) is 18.2 Å². The molecule has 0 aromatic rings. The maximum atomic E-state index is 13.6. The molecule has 2 aliphatic carbocycles. The number of carbonyl (C=O) groups excluding carboxylic acids is 1. The Bertz CT molecular complexity index is 508. The number of hydrogen-bond donors (Lipinski definition) is 1. The molecule has 0 unspecified atom stereocenters. The topological polar surface area (TPSA) is 37.3 Å². The minimum Gasteiger partial charge on any atom is -0.370 e. The second-order valence-electron chi connectivity index (χ2n) is 3.64. The second kappa shape index (κ2) is 3.96. The standard InChI is InChI=1S/C13H9FO2/c14-11-7-3-1-2-4-8-13(16)9-5-6-10(11)12(13)15/h1-2,6,11,16H,5,9H2/b2-1-/t11-,13-/m1/s1. The Hall–Kier alpha value is -1.84. The van der Waals surface area contributed by atoms with Gasteiger partial charge in [0.2, 0.25) is 5.78 Å². The highest BCUT2D eigenvalue weighted by Gasteiger charge is 2.40. The summed E-state index contributed by atoms with van der Waals surface area (Å²) in [5.41, 5.74) is -1.83. The number of hydrogen-bond acceptors (Lipinski definition) is 2. The molecular formula is C13H9FO2. The van der Waals surface area contributed by atoms with E-state index < -0.39 is 17.6 Å². The van der Waals surface area contributed by atoms with Crippen LogP contribution in [-0.2, 0) is 4.79 Å². The van der Waals surface area contributed by atoms with Crippen LogP contribution >= 0.6 is 0 Å². The highest BCUT2D eigenvalue weighted by Crippen LogP contribution is 2.27. The Kier molecular flexibility index (Phi) is 2.64. The molecule has 0 aliphatic heterocycles. The van der Waals surface area contributed by atoms with Crippen molar-refractivity contribution in [2.45, 2.75) is 24.6 Å². The van der Waals surface area contributed by atoms with E-state index in [0.717, 1.165) is 0 Å². The predicted molar refractivity (Wildman–Crippen MR) is 56.9 cm³/mol. The van der Waals surface area contributed by atoms with Gasteiger partial charge in [-0.15, -0.1) is 0 Å². The first-order valence-corrected chi connectivity index (χ1v) is 4.93. The number of halogens is 1. The van der Waals surface area contributed by atoms with Gasteiger partial charge in [0.1, 0.15) is 0 Å². The van der Waals surface area contributed by atoms with Gasteiger partial charge < -0.3 is 5.11 Å². The van der Waals surface area contributed by atoms with Crippen molar-refractivity contribution >= 4 is 5.78 Å². The number of aliphatic hydroxyl groups is 1. The number of rotatable bonds is 0. The number of ketones is 1. The molecule has 1 N–H and O–H groups in total. The predicted octanol–water partition coefficient (Wildman–Crippen LogP) is 0.921. The van der Waals surface area contributed by atoms with E-state index >= 15 is 0 Å². The zero-order valence-electron chi connectivity index (χ0n) is 8.46. The molecule has 0 heterocycles. The lowest BCUT2D eigenvalue weighted by atomic mass is 9.82. The van der Waals surface area contributed by atoms with Gasteiger partial charge in [0.15, 0.2) is 11.8 Å². The molecule has 0 aromatic heterocycles. The van der Waals surface area contributed by atoms with E-state index in [-0.39, 0.29) is 12.0 Å². The fourth-order valence-electron chi connectivity index (χ4n) is 1.66. The van der Waals surface area contributed by atoms with Gasteiger partial charge in [-0.05, 0) is 25.0 Å². The van der Waals surface area contributed by atoms with Crippen molar-refractivity contribution in [3.63, 3.8) is 0 Å². The van der Waals surface area contributed by atoms with Crippen LogP contribution in [0.1, 0.15) is 12.8 Å². The molecule has 2 bridgehead atoms. The molecule has 0 amide bonds. The van der Waals surface area contributed by atoms with Crippen LogP contribution in [0.15, 0.2) is 23.8 Å². The van der Waals surface area contributed by atoms with E-state index in [1.807, 2.05) is 0 Å². The molecule has 2 nitrogen and oxygen atoms in total. The first-order chi connectivity index (χ1) is 7.63. The number of alkyl halides is 1. The normalized spacial score (nSPS) is 33.8. The van der Waals surface area contributed by atoms with Gasteiger partial charge in [-0.3, -0.25) is 4.79 Å². The SMILES string of the molecule is O=C1C2=CCC[C@]1(O)C#C/C=C\C#C[C@H]2F. The van der Waals surface area contributed by atoms with Crippen LogP contribution < -0.4 is 0 Å². The fraction of sp³-hybridized carbons (Fsp3) is 0.308. The molecule has 0 spiro atoms. The average molecular weight is 216 g/mol. The Morgan fingerprint density at radius 3 is 3.00 bits per heavy atom. The van der Waals surface area contributed by atoms with Gasteiger partial charge in [0.25, 0.3) is 0 Å². The highest BCUT2D eigenvalue weighted by molar-refractivity contribution is 6.06. The summed E-state index contributed by atoms with van der Waals surface area (Å²) >= 11 is 0. The first kappa shape index (κ1) is 10.7. The lowest BCUT2D eigenvalue weighted by molar-refractivity contribution is -0.129. The molecule has 0 radical (unpaired) electrons. The molecule has 3 heteroatoms. The van der Waals surface area contributed by atoms with Crippen molar-refractivity contribution in [3.8, 4) is 23.7 Å². The van der Waals surface area contributed by atoms with E-state index in [2.05, 4.69) is 23.7 Å². The van der Waals surface area contributed by atoms with Crippen LogP contribution in [0.5, 0.6) is 0 Å². The van der Waals surface area contributed by atoms with Crippen LogP contribution in [0.4, 0.5) is 4.39 Å². The zero-order chi connectivity index (χ0) is 11.6. The van der Waals surface area contributed by atoms with Crippen LogP contribution in [0.2, 0.25) is 0 Å². The fourth-order valence-corrected chi connectivity index (χ4v) is 1.66. The summed E-state index contributed by atoms with van der Waals surface area (Å²) in [5.74, 6) is 9.08. The summed E-state index contributed by atoms with van der Waals surface area (Å²) in [6.07, 6.45) is 3.27. The van der Waals surface area contributed by atoms with Gasteiger partial charge >= 0.3 is 0 Å². The Balaban J connectivity index is 2.53. The van der Waals surface area contributed by atoms with Crippen LogP contribution in [0.25, 0.3) is 0 Å². The summed E-state index contributed by atoms with van der Waals surface area (Å²) in [7, 11) is 0. The number of carbonyl (C=O) groups is 1. The Morgan fingerprint density at radius 1 is 1.44 bits per heavy atom. The number of fused-ring (bicyclic) bond motifs is 2. The van der Waals surface area contributed by atoms with Crippen molar-refractivity contribution in [1.29, 1.82) is 0 Å². The van der Waals surface area contributed by atoms with Gasteiger partial charge in [-0.25, -0.2) is 4.39 Å². The molecule has 0 saturated carbocycles. The van der Waals surface area contributed by atoms with Crippen LogP contribution in [0, 0.1) is 23.7 Å². The number of allylic oxidation sites excluding steroid dienone is 3. The van der Waals surface area contributed by atoms with Crippen molar-refractivity contribution < 1.29 is 14.3 Å². The summed E-state index contributed by atoms with van der Waals surface area (Å²) < 4.78 is 13.6. The van der Waals surface area contributed by atoms with Crippen molar-refractivity contribution in [3.05, 3.63) is 23.8 Å². The molecule has 2 aliphatic rings. The monoisotopic (exact) mass is 216 g/mol. The van der Waals surface area contributed by atoms with Gasteiger partial charge in [-0.1, -0.05) is 29.8 Å². The third-order valence-electron chi connectivity index (χ3n) is 2.52. The molecular weight excluding hydrogens is 207 g/mol. The molecule has 2 atom stereocenters. The first-order valence-electron chi connectivity index (χ1n) is 4.93. The van der Waals surface area contributed by atoms with E-state index in [1.54, 1.807) is 0 Å². The Morgan fingerprint density at radius 2 is 2.19 bits per heavy atom. The lowest BCUT2D eigenvalue weighted by Gasteiger charge is -2.26. The maximum absolute atomic E-state index is 13.6. The van der Waals surface area contributed by atoms with Crippen LogP contribution in [-0.4, -0.2) is 22.7 Å². The molecule has 2 rings (SSSR count). The third-order valence-corrected chi connectivity index (χ3v) is 2.52. The molecule has 0 fully saturated rings. The largest absolute Gasteiger partial charge is 0.370 e. The molecule has 0 aromatic carbocycles. The van der Waals surface area contributed by atoms with E-state index in [4.69, 9.17) is 0 Å². The second-order valence-corrected chi connectivity index (χ2v) is 3.64.